The number of benzene rings is 1. The van der Waals surface area contributed by atoms with E-state index in [0.29, 0.717) is 5.92 Å². The summed E-state index contributed by atoms with van der Waals surface area (Å²) in [5.41, 5.74) is 2.06. The smallest absolute Gasteiger partial charge is 0.177 e. The third kappa shape index (κ3) is 1.96. The monoisotopic (exact) mass is 203 g/mol. The number of fused-ring (bicyclic) bond motifs is 1. The number of ether oxygens (including phenoxy) is 1. The Morgan fingerprint density at radius 2 is 2.27 bits per heavy atom. The lowest BCUT2D eigenvalue weighted by Crippen LogP contribution is -2.02. The molecule has 0 aliphatic carbocycles. The first-order valence-electron chi connectivity index (χ1n) is 5.12. The van der Waals surface area contributed by atoms with Crippen molar-refractivity contribution in [1.29, 1.82) is 0 Å². The molecule has 3 nitrogen and oxygen atoms in total. The predicted molar refractivity (Wildman–Crippen MR) is 60.0 cm³/mol. The third-order valence-electron chi connectivity index (χ3n) is 2.31. The molecule has 1 radical (unpaired) electrons. The van der Waals surface area contributed by atoms with Gasteiger partial charge in [-0.15, -0.1) is 0 Å². The van der Waals surface area contributed by atoms with Crippen molar-refractivity contribution in [3.63, 3.8) is 0 Å². The van der Waals surface area contributed by atoms with Gasteiger partial charge in [-0.25, -0.2) is 4.98 Å². The third-order valence-corrected chi connectivity index (χ3v) is 2.31. The van der Waals surface area contributed by atoms with Gasteiger partial charge in [0, 0.05) is 12.6 Å². The summed E-state index contributed by atoms with van der Waals surface area (Å²) in [4.78, 5) is 4.24. The zero-order valence-corrected chi connectivity index (χ0v) is 9.32. The van der Waals surface area contributed by atoms with Gasteiger partial charge in [-0.3, -0.25) is 0 Å². The van der Waals surface area contributed by atoms with Gasteiger partial charge in [0.25, 0.3) is 0 Å². The molecule has 0 aliphatic rings. The molecule has 1 heterocycles. The van der Waals surface area contributed by atoms with Gasteiger partial charge in [0.2, 0.25) is 0 Å². The maximum Gasteiger partial charge on any atom is 0.177 e. The Morgan fingerprint density at radius 1 is 1.47 bits per heavy atom. The second kappa shape index (κ2) is 3.93. The van der Waals surface area contributed by atoms with Gasteiger partial charge in [0.15, 0.2) is 6.33 Å². The van der Waals surface area contributed by atoms with Crippen LogP contribution in [0.15, 0.2) is 18.2 Å². The highest BCUT2D eigenvalue weighted by molar-refractivity contribution is 5.76. The van der Waals surface area contributed by atoms with Crippen molar-refractivity contribution in [2.24, 2.45) is 5.92 Å². The summed E-state index contributed by atoms with van der Waals surface area (Å²) in [5, 5.41) is 0. The fraction of sp³-hybridized carbons (Fsp3) is 0.417. The molecule has 1 aromatic heterocycles. The molecule has 0 spiro atoms. The zero-order valence-electron chi connectivity index (χ0n) is 9.32. The van der Waals surface area contributed by atoms with Crippen LogP contribution >= 0.6 is 0 Å². The SMILES string of the molecule is COc1ccc2c(c1)n[c]n2CC(C)C. The van der Waals surface area contributed by atoms with E-state index in [9.17, 15) is 0 Å². The highest BCUT2D eigenvalue weighted by Crippen LogP contribution is 2.19. The highest BCUT2D eigenvalue weighted by Gasteiger charge is 2.05. The van der Waals surface area contributed by atoms with Gasteiger partial charge in [-0.1, -0.05) is 13.8 Å². The Labute approximate surface area is 89.7 Å². The number of aromatic nitrogens is 2. The molecule has 2 rings (SSSR count). The lowest BCUT2D eigenvalue weighted by molar-refractivity contribution is 0.415. The first kappa shape index (κ1) is 10.0. The molecule has 0 atom stereocenters. The van der Waals surface area contributed by atoms with Crippen molar-refractivity contribution in [1.82, 2.24) is 9.55 Å². The van der Waals surface area contributed by atoms with E-state index in [1.807, 2.05) is 18.2 Å². The molecule has 0 unspecified atom stereocenters. The molecule has 15 heavy (non-hydrogen) atoms. The van der Waals surface area contributed by atoms with Crippen LogP contribution in [0.5, 0.6) is 5.75 Å². The van der Waals surface area contributed by atoms with Gasteiger partial charge < -0.3 is 9.30 Å². The van der Waals surface area contributed by atoms with E-state index in [0.717, 1.165) is 23.3 Å². The summed E-state index contributed by atoms with van der Waals surface area (Å²) in [6, 6.07) is 5.91. The minimum Gasteiger partial charge on any atom is -0.497 e. The van der Waals surface area contributed by atoms with Crippen LogP contribution in [0.4, 0.5) is 0 Å². The van der Waals surface area contributed by atoms with E-state index in [1.165, 1.54) is 0 Å². The summed E-state index contributed by atoms with van der Waals surface area (Å²) in [7, 11) is 1.66. The standard InChI is InChI=1S/C12H15N2O/c1-9(2)7-14-8-13-11-6-10(15-3)4-5-12(11)14/h4-6,9H,7H2,1-3H3. The van der Waals surface area contributed by atoms with Crippen LogP contribution in [0.1, 0.15) is 13.8 Å². The molecule has 0 saturated carbocycles. The summed E-state index contributed by atoms with van der Waals surface area (Å²) in [6.45, 7) is 5.31. The largest absolute Gasteiger partial charge is 0.497 e. The average molecular weight is 203 g/mol. The second-order valence-corrected chi connectivity index (χ2v) is 4.07. The van der Waals surface area contributed by atoms with Crippen molar-refractivity contribution < 1.29 is 4.74 Å². The van der Waals surface area contributed by atoms with Gasteiger partial charge in [-0.05, 0) is 18.1 Å². The Hall–Kier alpha value is -1.51. The first-order chi connectivity index (χ1) is 7.20. The average Bonchev–Trinajstić information content (AvgIpc) is 2.60. The van der Waals surface area contributed by atoms with Crippen LogP contribution in [0.3, 0.4) is 0 Å². The number of hydrogen-bond acceptors (Lipinski definition) is 2. The van der Waals surface area contributed by atoms with Crippen LogP contribution in [-0.4, -0.2) is 16.7 Å². The molecule has 0 fully saturated rings. The Balaban J connectivity index is 2.43. The number of methoxy groups -OCH3 is 1. The van der Waals surface area contributed by atoms with E-state index in [2.05, 4.69) is 29.7 Å². The molecule has 2 aromatic rings. The fourth-order valence-corrected chi connectivity index (χ4v) is 1.62. The second-order valence-electron chi connectivity index (χ2n) is 4.07. The van der Waals surface area contributed by atoms with E-state index < -0.39 is 0 Å². The maximum absolute atomic E-state index is 5.15. The molecule has 0 amide bonds. The molecular weight excluding hydrogens is 188 g/mol. The Morgan fingerprint density at radius 3 is 2.93 bits per heavy atom. The summed E-state index contributed by atoms with van der Waals surface area (Å²) in [6.07, 6.45) is 3.01. The van der Waals surface area contributed by atoms with Crippen molar-refractivity contribution in [2.75, 3.05) is 7.11 Å². The first-order valence-corrected chi connectivity index (χ1v) is 5.12. The minimum atomic E-state index is 0.598. The molecule has 0 bridgehead atoms. The van der Waals surface area contributed by atoms with Crippen molar-refractivity contribution in [2.45, 2.75) is 20.4 Å². The van der Waals surface area contributed by atoms with Crippen LogP contribution in [0.2, 0.25) is 0 Å². The highest BCUT2D eigenvalue weighted by atomic mass is 16.5. The molecule has 0 saturated heterocycles. The normalized spacial score (nSPS) is 11.2. The molecular formula is C12H15N2O. The molecule has 0 N–H and O–H groups in total. The van der Waals surface area contributed by atoms with E-state index in [-0.39, 0.29) is 0 Å². The predicted octanol–water partition coefficient (Wildman–Crippen LogP) is 2.50. The summed E-state index contributed by atoms with van der Waals surface area (Å²) >= 11 is 0. The molecule has 3 heteroatoms. The van der Waals surface area contributed by atoms with Gasteiger partial charge in [-0.2, -0.15) is 0 Å². The number of nitrogens with zero attached hydrogens (tertiary/aromatic N) is 2. The van der Waals surface area contributed by atoms with E-state index >= 15 is 0 Å². The molecule has 1 aromatic carbocycles. The van der Waals surface area contributed by atoms with Crippen molar-refractivity contribution >= 4 is 11.0 Å². The zero-order chi connectivity index (χ0) is 10.8. The molecule has 0 aliphatic heterocycles. The summed E-state index contributed by atoms with van der Waals surface area (Å²) < 4.78 is 7.20. The number of hydrogen-bond donors (Lipinski definition) is 0. The quantitative estimate of drug-likeness (QED) is 0.766. The lowest BCUT2D eigenvalue weighted by Gasteiger charge is -2.06. The van der Waals surface area contributed by atoms with Crippen molar-refractivity contribution in [3.05, 3.63) is 24.5 Å². The molecule has 79 valence electrons. The van der Waals surface area contributed by atoms with Crippen LogP contribution in [0.25, 0.3) is 11.0 Å². The van der Waals surface area contributed by atoms with Gasteiger partial charge >= 0.3 is 0 Å². The minimum absolute atomic E-state index is 0.598. The lowest BCUT2D eigenvalue weighted by atomic mass is 10.2. The van der Waals surface area contributed by atoms with Crippen LogP contribution < -0.4 is 4.74 Å². The van der Waals surface area contributed by atoms with Gasteiger partial charge in [0.05, 0.1) is 18.1 Å². The van der Waals surface area contributed by atoms with Crippen LogP contribution in [-0.2, 0) is 6.54 Å². The number of rotatable bonds is 3. The fourth-order valence-electron chi connectivity index (χ4n) is 1.62. The van der Waals surface area contributed by atoms with Crippen molar-refractivity contribution in [3.8, 4) is 5.75 Å². The van der Waals surface area contributed by atoms with E-state index in [4.69, 9.17) is 4.74 Å². The summed E-state index contributed by atoms with van der Waals surface area (Å²) in [5.74, 6) is 1.44. The topological polar surface area (TPSA) is 27.1 Å². The van der Waals surface area contributed by atoms with E-state index in [1.54, 1.807) is 7.11 Å². The number of imidazole rings is 1. The Bertz CT molecular complexity index is 460. The van der Waals surface area contributed by atoms with Gasteiger partial charge in [0.1, 0.15) is 5.75 Å². The Kier molecular flexibility index (Phi) is 2.62. The maximum atomic E-state index is 5.15. The van der Waals surface area contributed by atoms with Crippen LogP contribution in [0, 0.1) is 12.2 Å².